The molecule has 0 fully saturated rings. The van der Waals surface area contributed by atoms with Gasteiger partial charge >= 0.3 is 18.7 Å². The molecule has 0 unspecified atom stereocenters. The number of nitrogens with one attached hydrogen (secondary N) is 1. The van der Waals surface area contributed by atoms with Gasteiger partial charge in [-0.15, -0.1) is 0 Å². The zero-order valence-electron chi connectivity index (χ0n) is 21.3. The molecule has 0 spiro atoms. The van der Waals surface area contributed by atoms with E-state index >= 15 is 0 Å². The fourth-order valence-corrected chi connectivity index (χ4v) is 4.40. The number of amides is 1. The number of oxazole rings is 1. The summed E-state index contributed by atoms with van der Waals surface area (Å²) in [4.78, 5) is 16.6. The number of carbonyl (C=O) groups excluding carboxylic acids is 1. The van der Waals surface area contributed by atoms with E-state index in [0.717, 1.165) is 31.2 Å². The van der Waals surface area contributed by atoms with Crippen LogP contribution < -0.4 is 10.1 Å². The zero-order valence-corrected chi connectivity index (χ0v) is 21.3. The second kappa shape index (κ2) is 11.4. The third-order valence-corrected chi connectivity index (χ3v) is 6.20. The highest BCUT2D eigenvalue weighted by molar-refractivity contribution is 5.93. The first-order chi connectivity index (χ1) is 19.6. The average Bonchev–Trinajstić information content (AvgIpc) is 3.32. The predicted octanol–water partition coefficient (Wildman–Crippen LogP) is 7.28. The Labute approximate surface area is 231 Å². The van der Waals surface area contributed by atoms with E-state index in [-0.39, 0.29) is 16.7 Å². The minimum atomic E-state index is -5.09. The molecule has 1 aromatic heterocycles. The molecule has 0 aliphatic heterocycles. The van der Waals surface area contributed by atoms with Gasteiger partial charge in [0, 0.05) is 19.5 Å². The van der Waals surface area contributed by atoms with Crippen molar-refractivity contribution in [3.05, 3.63) is 118 Å². The number of carbonyl (C=O) groups is 1. The Morgan fingerprint density at radius 1 is 0.881 bits per heavy atom. The quantitative estimate of drug-likeness (QED) is 0.162. The Hall–Kier alpha value is -4.49. The first kappa shape index (κ1) is 30.5. The van der Waals surface area contributed by atoms with E-state index in [1.165, 1.54) is 36.4 Å². The topological polar surface area (TPSA) is 64.4 Å². The van der Waals surface area contributed by atoms with Gasteiger partial charge in [0.15, 0.2) is 11.6 Å². The van der Waals surface area contributed by atoms with Crippen LogP contribution in [-0.2, 0) is 11.6 Å². The number of alkyl halides is 7. The van der Waals surface area contributed by atoms with Crippen molar-refractivity contribution in [1.82, 2.24) is 10.3 Å². The average molecular weight is 602 g/mol. The summed E-state index contributed by atoms with van der Waals surface area (Å²) >= 11 is 0. The molecule has 1 atom stereocenters. The van der Waals surface area contributed by atoms with E-state index < -0.39 is 71.3 Å². The number of nitrogens with zero attached hydrogens (tertiary/aromatic N) is 1. The summed E-state index contributed by atoms with van der Waals surface area (Å²) in [5.41, 5.74) is -2.86. The number of ether oxygens (including phenoxy) is 1. The summed E-state index contributed by atoms with van der Waals surface area (Å²) in [6.45, 7) is 0.404. The molecule has 0 aliphatic rings. The maximum atomic E-state index is 14.9. The van der Waals surface area contributed by atoms with Crippen LogP contribution in [0.5, 0.6) is 5.75 Å². The largest absolute Gasteiger partial charge is 0.461 e. The molecule has 4 aromatic rings. The zero-order chi connectivity index (χ0) is 30.9. The molecule has 0 saturated heterocycles. The van der Waals surface area contributed by atoms with Crippen LogP contribution in [0.25, 0.3) is 0 Å². The van der Waals surface area contributed by atoms with Crippen LogP contribution in [0.15, 0.2) is 77.2 Å². The number of aryl methyl sites for hydroxylation is 1. The number of halogens is 9. The van der Waals surface area contributed by atoms with Crippen LogP contribution in [0.4, 0.5) is 39.5 Å². The van der Waals surface area contributed by atoms with Crippen LogP contribution >= 0.6 is 0 Å². The van der Waals surface area contributed by atoms with Crippen molar-refractivity contribution in [3.8, 4) is 5.75 Å². The molecule has 1 heterocycles. The molecule has 4 rings (SSSR count). The molecule has 0 saturated carbocycles. The summed E-state index contributed by atoms with van der Waals surface area (Å²) in [6, 6.07) is 14.0. The molecule has 5 nitrogen and oxygen atoms in total. The number of hydrogen-bond donors (Lipinski definition) is 1. The molecule has 222 valence electrons. The Morgan fingerprint density at radius 3 is 2.10 bits per heavy atom. The number of aromatic nitrogens is 1. The minimum absolute atomic E-state index is 0.111. The summed E-state index contributed by atoms with van der Waals surface area (Å²) in [5, 5.41) is 2.29. The molecule has 14 heteroatoms. The summed E-state index contributed by atoms with van der Waals surface area (Å²) in [7, 11) is 0. The van der Waals surface area contributed by atoms with E-state index in [1.54, 1.807) is 6.07 Å². The van der Waals surface area contributed by atoms with Gasteiger partial charge in [0.2, 0.25) is 5.76 Å². The molecule has 0 bridgehead atoms. The molecule has 3 aromatic carbocycles. The van der Waals surface area contributed by atoms with Gasteiger partial charge in [-0.2, -0.15) is 30.7 Å². The fourth-order valence-electron chi connectivity index (χ4n) is 4.40. The van der Waals surface area contributed by atoms with E-state index in [0.29, 0.717) is 6.07 Å². The smallest absolute Gasteiger partial charge is 0.436 e. The van der Waals surface area contributed by atoms with Crippen molar-refractivity contribution in [3.63, 3.8) is 0 Å². The van der Waals surface area contributed by atoms with Gasteiger partial charge in [-0.1, -0.05) is 42.5 Å². The van der Waals surface area contributed by atoms with E-state index in [1.807, 2.05) is 0 Å². The van der Waals surface area contributed by atoms with Gasteiger partial charge in [0.1, 0.15) is 17.4 Å². The standard InChI is InChI=1S/C28H19F9N2O3/c1-15-39-22(23(41-15)27(33,34)35)24(40)38-14-26(16-5-3-2-4-6-16,17-7-9-19(29)10-8-17)18-11-20(30)13-21(12-18)42-28(36,37)25(31)32/h2-13,25H,14H2,1H3,(H,38,40)/t26-/m0/s1. The van der Waals surface area contributed by atoms with E-state index in [9.17, 15) is 44.3 Å². The molecule has 1 amide bonds. The van der Waals surface area contributed by atoms with Crippen LogP contribution in [-0.4, -0.2) is 30.0 Å². The van der Waals surface area contributed by atoms with Crippen molar-refractivity contribution in [1.29, 1.82) is 0 Å². The third-order valence-electron chi connectivity index (χ3n) is 6.20. The van der Waals surface area contributed by atoms with Crippen LogP contribution in [0.2, 0.25) is 0 Å². The lowest BCUT2D eigenvalue weighted by Crippen LogP contribution is -2.43. The van der Waals surface area contributed by atoms with Crippen molar-refractivity contribution in [2.24, 2.45) is 0 Å². The van der Waals surface area contributed by atoms with Crippen LogP contribution in [0.3, 0.4) is 0 Å². The number of benzene rings is 3. The molecule has 0 aliphatic carbocycles. The van der Waals surface area contributed by atoms with Crippen molar-refractivity contribution >= 4 is 5.91 Å². The lowest BCUT2D eigenvalue weighted by Gasteiger charge is -2.36. The first-order valence-corrected chi connectivity index (χ1v) is 11.9. The van der Waals surface area contributed by atoms with Gasteiger partial charge < -0.3 is 14.5 Å². The van der Waals surface area contributed by atoms with E-state index in [2.05, 4.69) is 19.5 Å². The van der Waals surface area contributed by atoms with Crippen LogP contribution in [0, 0.1) is 18.6 Å². The van der Waals surface area contributed by atoms with Gasteiger partial charge in [0.25, 0.3) is 5.91 Å². The maximum Gasteiger partial charge on any atom is 0.461 e. The van der Waals surface area contributed by atoms with Gasteiger partial charge in [0.05, 0.1) is 5.41 Å². The van der Waals surface area contributed by atoms with Crippen LogP contribution in [0.1, 0.15) is 38.8 Å². The van der Waals surface area contributed by atoms with Gasteiger partial charge in [-0.05, 0) is 41.0 Å². The van der Waals surface area contributed by atoms with Gasteiger partial charge in [-0.25, -0.2) is 13.8 Å². The van der Waals surface area contributed by atoms with E-state index in [4.69, 9.17) is 0 Å². The minimum Gasteiger partial charge on any atom is -0.436 e. The molecule has 42 heavy (non-hydrogen) atoms. The Kier molecular flexibility index (Phi) is 8.28. The Bertz CT molecular complexity index is 1560. The van der Waals surface area contributed by atoms with Crippen molar-refractivity contribution < 1.29 is 53.5 Å². The molecule has 0 radical (unpaired) electrons. The SMILES string of the molecule is Cc1nc(C(=O)NC[C@](c2ccccc2)(c2ccc(F)cc2)c2cc(F)cc(OC(F)(F)C(F)F)c2)c(C(F)(F)F)o1. The van der Waals surface area contributed by atoms with Crippen molar-refractivity contribution in [2.45, 2.75) is 31.0 Å². The summed E-state index contributed by atoms with van der Waals surface area (Å²) < 4.78 is 131. The highest BCUT2D eigenvalue weighted by atomic mass is 19.4. The molecule has 1 N–H and O–H groups in total. The van der Waals surface area contributed by atoms with Gasteiger partial charge in [-0.3, -0.25) is 4.79 Å². The van der Waals surface area contributed by atoms with Crippen molar-refractivity contribution in [2.75, 3.05) is 6.54 Å². The predicted molar refractivity (Wildman–Crippen MR) is 129 cm³/mol. The maximum absolute atomic E-state index is 14.9. The normalized spacial score (nSPS) is 13.6. The summed E-state index contributed by atoms with van der Waals surface area (Å²) in [6.07, 6.45) is -14.4. The Morgan fingerprint density at radius 2 is 1.50 bits per heavy atom. The second-order valence-electron chi connectivity index (χ2n) is 9.01. The molecular weight excluding hydrogens is 583 g/mol. The lowest BCUT2D eigenvalue weighted by molar-refractivity contribution is -0.253. The monoisotopic (exact) mass is 602 g/mol. The fraction of sp³-hybridized carbons (Fsp3) is 0.214. The second-order valence-corrected chi connectivity index (χ2v) is 9.01. The lowest BCUT2D eigenvalue weighted by atomic mass is 9.69. The number of rotatable bonds is 9. The summed E-state index contributed by atoms with van der Waals surface area (Å²) in [5.74, 6) is -6.45. The highest BCUT2D eigenvalue weighted by Crippen LogP contribution is 2.42. The first-order valence-electron chi connectivity index (χ1n) is 11.9. The molecular formula is C28H19F9N2O3. The number of hydrogen-bond acceptors (Lipinski definition) is 4. The third kappa shape index (κ3) is 6.21. The highest BCUT2D eigenvalue weighted by Gasteiger charge is 2.45. The Balaban J connectivity index is 1.91.